The summed E-state index contributed by atoms with van der Waals surface area (Å²) in [7, 11) is 1.62. The van der Waals surface area contributed by atoms with E-state index < -0.39 is 16.6 Å². The molecule has 160 valence electrons. The quantitative estimate of drug-likeness (QED) is 0.451. The number of nitro benzene ring substituents is 1. The zero-order valence-electron chi connectivity index (χ0n) is 16.5. The Labute approximate surface area is 180 Å². The molecule has 4 rings (SSSR count). The van der Waals surface area contributed by atoms with Gasteiger partial charge in [-0.1, -0.05) is 12.8 Å². The minimum absolute atomic E-state index is 0.0109. The highest BCUT2D eigenvalue weighted by molar-refractivity contribution is 7.99. The average molecular weight is 443 g/mol. The Morgan fingerprint density at radius 3 is 2.74 bits per heavy atom. The third-order valence-electron chi connectivity index (χ3n) is 5.12. The van der Waals surface area contributed by atoms with Crippen LogP contribution < -0.4 is 5.32 Å². The number of carbonyl (C=O) groups excluding carboxylic acids is 1. The summed E-state index contributed by atoms with van der Waals surface area (Å²) in [6, 6.07) is 5.23. The van der Waals surface area contributed by atoms with Crippen LogP contribution in [-0.2, 0) is 7.05 Å². The van der Waals surface area contributed by atoms with Gasteiger partial charge in [0.1, 0.15) is 0 Å². The Bertz CT molecular complexity index is 1150. The summed E-state index contributed by atoms with van der Waals surface area (Å²) < 4.78 is 16.0. The summed E-state index contributed by atoms with van der Waals surface area (Å²) >= 11 is 1.06. The Balaban J connectivity index is 1.61. The maximum Gasteiger partial charge on any atom is 0.270 e. The number of hydrogen-bond acceptors (Lipinski definition) is 8. The first-order valence-corrected chi connectivity index (χ1v) is 10.4. The van der Waals surface area contributed by atoms with Crippen molar-refractivity contribution in [3.8, 4) is 0 Å². The second-order valence-corrected chi connectivity index (χ2v) is 8.17. The van der Waals surface area contributed by atoms with Crippen LogP contribution in [0.25, 0.3) is 0 Å². The van der Waals surface area contributed by atoms with Gasteiger partial charge >= 0.3 is 0 Å². The van der Waals surface area contributed by atoms with Gasteiger partial charge in [-0.3, -0.25) is 14.9 Å². The lowest BCUT2D eigenvalue weighted by Crippen LogP contribution is -2.16. The molecule has 0 unspecified atom stereocenters. The van der Waals surface area contributed by atoms with Crippen LogP contribution in [0, 0.1) is 15.9 Å². The first-order valence-electron chi connectivity index (χ1n) is 9.58. The van der Waals surface area contributed by atoms with E-state index in [1.54, 1.807) is 13.2 Å². The fourth-order valence-electron chi connectivity index (χ4n) is 3.51. The van der Waals surface area contributed by atoms with Crippen LogP contribution in [0.3, 0.4) is 0 Å². The van der Waals surface area contributed by atoms with Crippen LogP contribution in [0.1, 0.15) is 47.5 Å². The Hall–Kier alpha value is -3.41. The van der Waals surface area contributed by atoms with E-state index in [1.807, 2.05) is 0 Å². The van der Waals surface area contributed by atoms with E-state index in [4.69, 9.17) is 0 Å². The van der Waals surface area contributed by atoms with Gasteiger partial charge in [0.15, 0.2) is 11.6 Å². The van der Waals surface area contributed by atoms with Crippen LogP contribution in [0.5, 0.6) is 0 Å². The molecule has 0 aliphatic heterocycles. The van der Waals surface area contributed by atoms with Gasteiger partial charge in [-0.05, 0) is 58.6 Å². The molecule has 1 saturated carbocycles. The summed E-state index contributed by atoms with van der Waals surface area (Å²) in [5.41, 5.74) is 0.535. The molecule has 0 radical (unpaired) electrons. The average Bonchev–Trinajstić information content (AvgIpc) is 3.42. The van der Waals surface area contributed by atoms with E-state index in [9.17, 15) is 19.3 Å². The fourth-order valence-corrected chi connectivity index (χ4v) is 4.35. The number of nitrogens with zero attached hydrogens (tertiary/aromatic N) is 6. The number of tetrazole rings is 1. The maximum atomic E-state index is 14.6. The van der Waals surface area contributed by atoms with Crippen molar-refractivity contribution < 1.29 is 14.1 Å². The predicted molar refractivity (Wildman–Crippen MR) is 109 cm³/mol. The number of halogens is 1. The Kier molecular flexibility index (Phi) is 5.89. The van der Waals surface area contributed by atoms with Gasteiger partial charge in [0.25, 0.3) is 11.6 Å². The molecule has 31 heavy (non-hydrogen) atoms. The van der Waals surface area contributed by atoms with Gasteiger partial charge in [-0.25, -0.2) is 14.1 Å². The van der Waals surface area contributed by atoms with Crippen molar-refractivity contribution in [1.29, 1.82) is 0 Å². The number of aryl methyl sites for hydroxylation is 1. The molecular formula is C19H18FN7O3S. The van der Waals surface area contributed by atoms with Crippen molar-refractivity contribution in [3.63, 3.8) is 0 Å². The van der Waals surface area contributed by atoms with Crippen LogP contribution in [0.15, 0.2) is 40.5 Å². The van der Waals surface area contributed by atoms with E-state index in [2.05, 4.69) is 25.8 Å². The molecule has 1 N–H and O–H groups in total. The summed E-state index contributed by atoms with van der Waals surface area (Å²) in [6.45, 7) is 0. The number of carbonyl (C=O) groups is 1. The molecule has 1 aromatic carbocycles. The van der Waals surface area contributed by atoms with Crippen LogP contribution in [0.2, 0.25) is 0 Å². The van der Waals surface area contributed by atoms with Crippen molar-refractivity contribution >= 4 is 29.2 Å². The highest BCUT2D eigenvalue weighted by atomic mass is 32.2. The van der Waals surface area contributed by atoms with Gasteiger partial charge in [-0.2, -0.15) is 0 Å². The minimum Gasteiger partial charge on any atom is -0.304 e. The maximum absolute atomic E-state index is 14.6. The third-order valence-corrected chi connectivity index (χ3v) is 6.23. The molecule has 1 fully saturated rings. The van der Waals surface area contributed by atoms with E-state index in [0.29, 0.717) is 10.1 Å². The zero-order valence-corrected chi connectivity index (χ0v) is 17.3. The lowest BCUT2D eigenvalue weighted by atomic mass is 9.99. The Morgan fingerprint density at radius 1 is 1.32 bits per heavy atom. The van der Waals surface area contributed by atoms with Crippen molar-refractivity contribution in [2.75, 3.05) is 5.32 Å². The molecule has 1 aliphatic rings. The summed E-state index contributed by atoms with van der Waals surface area (Å²) in [5, 5.41) is 25.1. The topological polar surface area (TPSA) is 129 Å². The summed E-state index contributed by atoms with van der Waals surface area (Å²) in [6.07, 6.45) is 5.79. The van der Waals surface area contributed by atoms with E-state index >= 15 is 0 Å². The zero-order chi connectivity index (χ0) is 22.0. The SMILES string of the molecule is Cn1nnnc1Sc1ccc([N+](=O)[O-])cc1C(=O)Nc1ncc(C2CCCC2)cc1F. The molecular weight excluding hydrogens is 425 g/mol. The summed E-state index contributed by atoms with van der Waals surface area (Å²) in [4.78, 5) is 27.9. The second kappa shape index (κ2) is 8.76. The van der Waals surface area contributed by atoms with Crippen LogP contribution in [-0.4, -0.2) is 36.0 Å². The smallest absolute Gasteiger partial charge is 0.270 e. The second-order valence-electron chi connectivity index (χ2n) is 7.16. The first kappa shape index (κ1) is 20.8. The van der Waals surface area contributed by atoms with Crippen LogP contribution in [0.4, 0.5) is 15.9 Å². The number of rotatable bonds is 6. The molecule has 2 aromatic heterocycles. The lowest BCUT2D eigenvalue weighted by Gasteiger charge is -2.12. The lowest BCUT2D eigenvalue weighted by molar-refractivity contribution is -0.384. The molecule has 12 heteroatoms. The molecule has 0 atom stereocenters. The van der Waals surface area contributed by atoms with Gasteiger partial charge in [-0.15, -0.1) is 5.10 Å². The number of aromatic nitrogens is 5. The highest BCUT2D eigenvalue weighted by Gasteiger charge is 2.22. The van der Waals surface area contributed by atoms with Crippen molar-refractivity contribution in [1.82, 2.24) is 25.2 Å². The molecule has 0 saturated heterocycles. The number of pyridine rings is 1. The molecule has 2 heterocycles. The van der Waals surface area contributed by atoms with Gasteiger partial charge in [0.05, 0.1) is 10.5 Å². The number of amides is 1. The fraction of sp³-hybridized carbons (Fsp3) is 0.316. The molecule has 1 amide bonds. The van der Waals surface area contributed by atoms with E-state index in [-0.39, 0.29) is 23.0 Å². The summed E-state index contributed by atoms with van der Waals surface area (Å²) in [5.74, 6) is -1.31. The van der Waals surface area contributed by atoms with E-state index in [0.717, 1.165) is 49.1 Å². The third kappa shape index (κ3) is 4.53. The standard InChI is InChI=1S/C19H18FN7O3S/c1-26-19(23-24-25-26)31-16-7-6-13(27(29)30)9-14(16)18(28)22-17-15(20)8-12(10-21-17)11-4-2-3-5-11/h6-11H,2-5H2,1H3,(H,21,22,28). The number of nitro groups is 1. The van der Waals surface area contributed by atoms with Gasteiger partial charge < -0.3 is 5.32 Å². The normalized spacial score (nSPS) is 14.0. The van der Waals surface area contributed by atoms with Crippen LogP contribution >= 0.6 is 11.8 Å². The largest absolute Gasteiger partial charge is 0.304 e. The Morgan fingerprint density at radius 2 is 2.10 bits per heavy atom. The number of hydrogen-bond donors (Lipinski definition) is 1. The molecule has 1 aliphatic carbocycles. The monoisotopic (exact) mass is 443 g/mol. The van der Waals surface area contributed by atoms with Crippen molar-refractivity contribution in [2.24, 2.45) is 7.05 Å². The van der Waals surface area contributed by atoms with Crippen molar-refractivity contribution in [2.45, 2.75) is 41.7 Å². The minimum atomic E-state index is -0.721. The molecule has 0 bridgehead atoms. The first-order chi connectivity index (χ1) is 14.9. The number of nitrogens with one attached hydrogen (secondary N) is 1. The predicted octanol–water partition coefficient (Wildman–Crippen LogP) is 3.71. The number of anilines is 1. The van der Waals surface area contributed by atoms with Gasteiger partial charge in [0.2, 0.25) is 5.16 Å². The molecule has 10 nitrogen and oxygen atoms in total. The highest BCUT2D eigenvalue weighted by Crippen LogP contribution is 2.35. The number of non-ortho nitro benzene ring substituents is 1. The van der Waals surface area contributed by atoms with Gasteiger partial charge in [0, 0.05) is 30.3 Å². The van der Waals surface area contributed by atoms with Crippen molar-refractivity contribution in [3.05, 3.63) is 57.5 Å². The molecule has 0 spiro atoms. The number of benzene rings is 1. The molecule has 3 aromatic rings. The van der Waals surface area contributed by atoms with E-state index in [1.165, 1.54) is 22.9 Å².